The van der Waals surface area contributed by atoms with Crippen molar-refractivity contribution in [3.8, 4) is 0 Å². The molecule has 2 aliphatic heterocycles. The summed E-state index contributed by atoms with van der Waals surface area (Å²) in [6, 6.07) is 7.31. The molecule has 1 atom stereocenters. The number of hydrogen-bond acceptors (Lipinski definition) is 4. The van der Waals surface area contributed by atoms with Crippen LogP contribution >= 0.6 is 0 Å². The van der Waals surface area contributed by atoms with E-state index < -0.39 is 0 Å². The SMILES string of the molecule is O=C(CNc1ccc(C(=O)N2CCCC2)cc1)NCC1CCCO1. The molecule has 24 heavy (non-hydrogen) atoms. The van der Waals surface area contributed by atoms with Gasteiger partial charge >= 0.3 is 0 Å². The van der Waals surface area contributed by atoms with Gasteiger partial charge in [-0.3, -0.25) is 9.59 Å². The first-order chi connectivity index (χ1) is 11.7. The van der Waals surface area contributed by atoms with E-state index in [4.69, 9.17) is 4.74 Å². The summed E-state index contributed by atoms with van der Waals surface area (Å²) in [5.41, 5.74) is 1.53. The average Bonchev–Trinajstić information content (AvgIpc) is 3.31. The van der Waals surface area contributed by atoms with Crippen molar-refractivity contribution in [2.45, 2.75) is 31.8 Å². The van der Waals surface area contributed by atoms with E-state index in [-0.39, 0.29) is 24.5 Å². The normalized spacial score (nSPS) is 20.2. The molecule has 0 aromatic heterocycles. The number of likely N-dealkylation sites (tertiary alicyclic amines) is 1. The predicted octanol–water partition coefficient (Wildman–Crippen LogP) is 1.63. The van der Waals surface area contributed by atoms with Gasteiger partial charge in [0.25, 0.3) is 5.91 Å². The van der Waals surface area contributed by atoms with Gasteiger partial charge in [-0.05, 0) is 49.9 Å². The van der Waals surface area contributed by atoms with Gasteiger partial charge in [0.2, 0.25) is 5.91 Å². The highest BCUT2D eigenvalue weighted by Crippen LogP contribution is 2.15. The number of ether oxygens (including phenoxy) is 1. The minimum absolute atomic E-state index is 0.0530. The first kappa shape index (κ1) is 16.8. The first-order valence-corrected chi connectivity index (χ1v) is 8.74. The molecular formula is C18H25N3O3. The highest BCUT2D eigenvalue weighted by atomic mass is 16.5. The van der Waals surface area contributed by atoms with E-state index in [0.29, 0.717) is 12.1 Å². The molecule has 0 radical (unpaired) electrons. The van der Waals surface area contributed by atoms with Crippen LogP contribution in [0, 0.1) is 0 Å². The maximum Gasteiger partial charge on any atom is 0.253 e. The third-order valence-electron chi connectivity index (χ3n) is 4.53. The number of benzene rings is 1. The molecule has 2 heterocycles. The van der Waals surface area contributed by atoms with Gasteiger partial charge in [0, 0.05) is 37.5 Å². The van der Waals surface area contributed by atoms with Crippen LogP contribution in [0.4, 0.5) is 5.69 Å². The zero-order chi connectivity index (χ0) is 16.8. The molecule has 2 aliphatic rings. The van der Waals surface area contributed by atoms with E-state index in [1.54, 1.807) is 0 Å². The Morgan fingerprint density at radius 3 is 2.54 bits per heavy atom. The van der Waals surface area contributed by atoms with Gasteiger partial charge in [-0.15, -0.1) is 0 Å². The molecule has 0 aliphatic carbocycles. The van der Waals surface area contributed by atoms with Crippen molar-refractivity contribution in [2.75, 3.05) is 38.1 Å². The fourth-order valence-corrected chi connectivity index (χ4v) is 3.11. The van der Waals surface area contributed by atoms with Gasteiger partial charge in [-0.2, -0.15) is 0 Å². The maximum absolute atomic E-state index is 12.3. The maximum atomic E-state index is 12.3. The number of hydrogen-bond donors (Lipinski definition) is 2. The van der Waals surface area contributed by atoms with Crippen LogP contribution in [0.2, 0.25) is 0 Å². The van der Waals surface area contributed by atoms with Crippen LogP contribution in [0.15, 0.2) is 24.3 Å². The van der Waals surface area contributed by atoms with Crippen LogP contribution in [0.25, 0.3) is 0 Å². The third kappa shape index (κ3) is 4.47. The van der Waals surface area contributed by atoms with Crippen molar-refractivity contribution in [3.63, 3.8) is 0 Å². The van der Waals surface area contributed by atoms with E-state index in [0.717, 1.165) is 51.1 Å². The van der Waals surface area contributed by atoms with E-state index in [1.807, 2.05) is 29.2 Å². The van der Waals surface area contributed by atoms with Crippen LogP contribution in [-0.2, 0) is 9.53 Å². The number of rotatable bonds is 6. The van der Waals surface area contributed by atoms with Crippen LogP contribution in [0.3, 0.4) is 0 Å². The Balaban J connectivity index is 1.42. The lowest BCUT2D eigenvalue weighted by molar-refractivity contribution is -0.119. The molecule has 130 valence electrons. The molecule has 2 saturated heterocycles. The quantitative estimate of drug-likeness (QED) is 0.831. The molecule has 1 aromatic carbocycles. The number of anilines is 1. The van der Waals surface area contributed by atoms with Gasteiger partial charge < -0.3 is 20.3 Å². The number of carbonyl (C=O) groups excluding carboxylic acids is 2. The minimum Gasteiger partial charge on any atom is -0.376 e. The second kappa shape index (κ2) is 8.15. The summed E-state index contributed by atoms with van der Waals surface area (Å²) >= 11 is 0. The van der Waals surface area contributed by atoms with E-state index in [1.165, 1.54) is 0 Å². The highest BCUT2D eigenvalue weighted by Gasteiger charge is 2.19. The molecule has 2 N–H and O–H groups in total. The second-order valence-electron chi connectivity index (χ2n) is 6.37. The van der Waals surface area contributed by atoms with Gasteiger partial charge in [0.05, 0.1) is 12.6 Å². The fraction of sp³-hybridized carbons (Fsp3) is 0.556. The topological polar surface area (TPSA) is 70.7 Å². The second-order valence-corrected chi connectivity index (χ2v) is 6.37. The summed E-state index contributed by atoms with van der Waals surface area (Å²) in [4.78, 5) is 26.0. The molecule has 3 rings (SSSR count). The highest BCUT2D eigenvalue weighted by molar-refractivity contribution is 5.94. The first-order valence-electron chi connectivity index (χ1n) is 8.74. The van der Waals surface area contributed by atoms with Crippen LogP contribution in [-0.4, -0.2) is 55.6 Å². The molecule has 6 nitrogen and oxygen atoms in total. The van der Waals surface area contributed by atoms with Crippen LogP contribution in [0.5, 0.6) is 0 Å². The molecule has 0 spiro atoms. The predicted molar refractivity (Wildman–Crippen MR) is 92.1 cm³/mol. The molecule has 0 saturated carbocycles. The number of carbonyl (C=O) groups is 2. The zero-order valence-electron chi connectivity index (χ0n) is 13.9. The number of nitrogens with zero attached hydrogens (tertiary/aromatic N) is 1. The summed E-state index contributed by atoms with van der Waals surface area (Å²) in [5.74, 6) is 0.0380. The Bertz CT molecular complexity index is 561. The molecule has 0 bridgehead atoms. The zero-order valence-corrected chi connectivity index (χ0v) is 13.9. The van der Waals surface area contributed by atoms with Crippen molar-refractivity contribution in [1.29, 1.82) is 0 Å². The minimum atomic E-state index is -0.0530. The molecule has 6 heteroatoms. The standard InChI is InChI=1S/C18H25N3O3/c22-17(20-12-16-4-3-11-24-16)13-19-15-7-5-14(6-8-15)18(23)21-9-1-2-10-21/h5-8,16,19H,1-4,9-13H2,(H,20,22). The van der Waals surface area contributed by atoms with Gasteiger partial charge in [-0.25, -0.2) is 0 Å². The summed E-state index contributed by atoms with van der Waals surface area (Å²) in [7, 11) is 0. The number of nitrogens with one attached hydrogen (secondary N) is 2. The fourth-order valence-electron chi connectivity index (χ4n) is 3.11. The monoisotopic (exact) mass is 331 g/mol. The molecule has 1 aromatic rings. The Morgan fingerprint density at radius 1 is 1.12 bits per heavy atom. The third-order valence-corrected chi connectivity index (χ3v) is 4.53. The van der Waals surface area contributed by atoms with E-state index in [2.05, 4.69) is 10.6 Å². The van der Waals surface area contributed by atoms with Gasteiger partial charge in [0.1, 0.15) is 0 Å². The van der Waals surface area contributed by atoms with Crippen molar-refractivity contribution in [2.24, 2.45) is 0 Å². The summed E-state index contributed by atoms with van der Waals surface area (Å²) in [6.07, 6.45) is 4.42. The largest absolute Gasteiger partial charge is 0.376 e. The number of amides is 2. The van der Waals surface area contributed by atoms with E-state index in [9.17, 15) is 9.59 Å². The molecule has 2 amide bonds. The molecule has 2 fully saturated rings. The lowest BCUT2D eigenvalue weighted by Crippen LogP contribution is -2.35. The lowest BCUT2D eigenvalue weighted by atomic mass is 10.2. The Hall–Kier alpha value is -2.08. The Morgan fingerprint density at radius 2 is 1.88 bits per heavy atom. The lowest BCUT2D eigenvalue weighted by Gasteiger charge is -2.15. The van der Waals surface area contributed by atoms with Crippen molar-refractivity contribution >= 4 is 17.5 Å². The average molecular weight is 331 g/mol. The molecular weight excluding hydrogens is 306 g/mol. The summed E-state index contributed by atoms with van der Waals surface area (Å²) < 4.78 is 5.47. The smallest absolute Gasteiger partial charge is 0.253 e. The van der Waals surface area contributed by atoms with Crippen molar-refractivity contribution in [1.82, 2.24) is 10.2 Å². The van der Waals surface area contributed by atoms with Crippen LogP contribution in [0.1, 0.15) is 36.0 Å². The van der Waals surface area contributed by atoms with Crippen LogP contribution < -0.4 is 10.6 Å². The van der Waals surface area contributed by atoms with Gasteiger partial charge in [0.15, 0.2) is 0 Å². The summed E-state index contributed by atoms with van der Waals surface area (Å²) in [6.45, 7) is 3.28. The summed E-state index contributed by atoms with van der Waals surface area (Å²) in [5, 5.41) is 5.95. The Kier molecular flexibility index (Phi) is 5.69. The van der Waals surface area contributed by atoms with Crippen molar-refractivity contribution in [3.05, 3.63) is 29.8 Å². The molecule has 1 unspecified atom stereocenters. The van der Waals surface area contributed by atoms with E-state index >= 15 is 0 Å². The Labute approximate surface area is 142 Å². The van der Waals surface area contributed by atoms with Crippen molar-refractivity contribution < 1.29 is 14.3 Å². The van der Waals surface area contributed by atoms with Gasteiger partial charge in [-0.1, -0.05) is 0 Å².